The summed E-state index contributed by atoms with van der Waals surface area (Å²) in [5.41, 5.74) is 1.79. The molecule has 1 atom stereocenters. The van der Waals surface area contributed by atoms with Gasteiger partial charge in [-0.15, -0.1) is 0 Å². The van der Waals surface area contributed by atoms with Crippen molar-refractivity contribution in [1.29, 1.82) is 0 Å². The molecule has 3 rings (SSSR count). The SMILES string of the molecule is COc1ccc(OCCCN(C)C(C)C)c(C2Sc3cc(Cl)ccc3N2C(C)=O)c1. The smallest absolute Gasteiger partial charge is 0.225 e. The molecule has 0 saturated heterocycles. The minimum atomic E-state index is -0.237. The average Bonchev–Trinajstić information content (AvgIpc) is 3.09. The average molecular weight is 449 g/mol. The second kappa shape index (κ2) is 9.94. The summed E-state index contributed by atoms with van der Waals surface area (Å²) in [6.45, 7) is 7.51. The van der Waals surface area contributed by atoms with E-state index in [0.29, 0.717) is 17.7 Å². The number of thioether (sulfide) groups is 1. The molecule has 1 heterocycles. The molecule has 0 aromatic heterocycles. The standard InChI is InChI=1S/C23H29ClN2O3S/c1-15(2)25(4)11-6-12-29-21-10-8-18(28-5)14-19(21)23-26(16(3)27)20-9-7-17(24)13-22(20)30-23/h7-10,13-15,23H,6,11-12H2,1-5H3. The fourth-order valence-corrected chi connectivity index (χ4v) is 4.99. The van der Waals surface area contributed by atoms with E-state index in [1.807, 2.05) is 36.4 Å². The molecule has 2 aromatic rings. The molecule has 7 heteroatoms. The van der Waals surface area contributed by atoms with E-state index in [4.69, 9.17) is 21.1 Å². The lowest BCUT2D eigenvalue weighted by molar-refractivity contribution is -0.116. The van der Waals surface area contributed by atoms with Gasteiger partial charge in [0, 0.05) is 35.0 Å². The lowest BCUT2D eigenvalue weighted by atomic mass is 10.1. The van der Waals surface area contributed by atoms with E-state index in [9.17, 15) is 4.79 Å². The predicted molar refractivity (Wildman–Crippen MR) is 124 cm³/mol. The number of rotatable bonds is 8. The van der Waals surface area contributed by atoms with E-state index in [1.165, 1.54) is 0 Å². The molecule has 0 saturated carbocycles. The highest BCUT2D eigenvalue weighted by molar-refractivity contribution is 8.00. The Hall–Kier alpha value is -1.89. The summed E-state index contributed by atoms with van der Waals surface area (Å²) < 4.78 is 11.6. The van der Waals surface area contributed by atoms with Crippen molar-refractivity contribution in [2.75, 3.05) is 32.2 Å². The van der Waals surface area contributed by atoms with E-state index < -0.39 is 0 Å². The largest absolute Gasteiger partial charge is 0.497 e. The van der Waals surface area contributed by atoms with Crippen LogP contribution in [0.1, 0.15) is 38.1 Å². The van der Waals surface area contributed by atoms with Gasteiger partial charge in [-0.3, -0.25) is 9.69 Å². The Morgan fingerprint density at radius 3 is 2.70 bits per heavy atom. The third-order valence-corrected chi connectivity index (χ3v) is 6.78. The highest BCUT2D eigenvalue weighted by Crippen LogP contribution is 2.54. The van der Waals surface area contributed by atoms with E-state index >= 15 is 0 Å². The third kappa shape index (κ3) is 5.05. The number of carbonyl (C=O) groups is 1. The highest BCUT2D eigenvalue weighted by Gasteiger charge is 2.36. The van der Waals surface area contributed by atoms with Crippen LogP contribution in [0.4, 0.5) is 5.69 Å². The minimum absolute atomic E-state index is 0.0269. The number of ether oxygens (including phenoxy) is 2. The first kappa shape index (κ1) is 22.8. The number of methoxy groups -OCH3 is 1. The fourth-order valence-electron chi connectivity index (χ4n) is 3.35. The number of anilines is 1. The Morgan fingerprint density at radius 1 is 1.27 bits per heavy atom. The number of hydrogen-bond donors (Lipinski definition) is 0. The van der Waals surface area contributed by atoms with Crippen molar-refractivity contribution < 1.29 is 14.3 Å². The van der Waals surface area contributed by atoms with Crippen molar-refractivity contribution in [2.45, 2.75) is 43.5 Å². The van der Waals surface area contributed by atoms with Gasteiger partial charge in [0.2, 0.25) is 5.91 Å². The molecule has 0 aliphatic carbocycles. The highest BCUT2D eigenvalue weighted by atomic mass is 35.5. The molecule has 5 nitrogen and oxygen atoms in total. The summed E-state index contributed by atoms with van der Waals surface area (Å²) >= 11 is 7.79. The van der Waals surface area contributed by atoms with Gasteiger partial charge in [-0.25, -0.2) is 0 Å². The molecule has 162 valence electrons. The third-order valence-electron chi connectivity index (χ3n) is 5.27. The van der Waals surface area contributed by atoms with Gasteiger partial charge in [0.15, 0.2) is 0 Å². The first-order valence-corrected chi connectivity index (χ1v) is 11.3. The monoisotopic (exact) mass is 448 g/mol. The number of amides is 1. The van der Waals surface area contributed by atoms with Gasteiger partial charge in [-0.05, 0) is 63.7 Å². The second-order valence-electron chi connectivity index (χ2n) is 7.65. The number of halogens is 1. The van der Waals surface area contributed by atoms with Crippen LogP contribution in [0.3, 0.4) is 0 Å². The van der Waals surface area contributed by atoms with Crippen LogP contribution >= 0.6 is 23.4 Å². The Kier molecular flexibility index (Phi) is 7.55. The molecule has 0 fully saturated rings. The summed E-state index contributed by atoms with van der Waals surface area (Å²) in [5.74, 6) is 1.47. The molecule has 1 aliphatic rings. The van der Waals surface area contributed by atoms with Crippen molar-refractivity contribution in [2.24, 2.45) is 0 Å². The van der Waals surface area contributed by atoms with E-state index in [2.05, 4.69) is 25.8 Å². The van der Waals surface area contributed by atoms with Crippen molar-refractivity contribution in [3.05, 3.63) is 47.0 Å². The van der Waals surface area contributed by atoms with E-state index in [1.54, 1.807) is 30.7 Å². The molecular weight excluding hydrogens is 420 g/mol. The van der Waals surface area contributed by atoms with Crippen LogP contribution in [0.25, 0.3) is 0 Å². The topological polar surface area (TPSA) is 42.0 Å². The fraction of sp³-hybridized carbons (Fsp3) is 0.435. The Morgan fingerprint density at radius 2 is 2.03 bits per heavy atom. The van der Waals surface area contributed by atoms with Crippen LogP contribution in [0.2, 0.25) is 5.02 Å². The lowest BCUT2D eigenvalue weighted by Crippen LogP contribution is -2.29. The maximum Gasteiger partial charge on any atom is 0.225 e. The molecule has 0 radical (unpaired) electrons. The van der Waals surface area contributed by atoms with Gasteiger partial charge < -0.3 is 14.4 Å². The summed E-state index contributed by atoms with van der Waals surface area (Å²) in [5, 5.41) is 0.418. The predicted octanol–water partition coefficient (Wildman–Crippen LogP) is 5.62. The first-order chi connectivity index (χ1) is 14.3. The molecule has 30 heavy (non-hydrogen) atoms. The second-order valence-corrected chi connectivity index (χ2v) is 9.21. The first-order valence-electron chi connectivity index (χ1n) is 10.1. The number of benzene rings is 2. The minimum Gasteiger partial charge on any atom is -0.497 e. The summed E-state index contributed by atoms with van der Waals surface area (Å²) in [4.78, 5) is 17.6. The zero-order valence-electron chi connectivity index (χ0n) is 18.1. The van der Waals surface area contributed by atoms with Gasteiger partial charge in [0.1, 0.15) is 16.9 Å². The zero-order chi connectivity index (χ0) is 21.8. The van der Waals surface area contributed by atoms with E-state index in [0.717, 1.165) is 40.6 Å². The quantitative estimate of drug-likeness (QED) is 0.490. The molecule has 1 amide bonds. The maximum absolute atomic E-state index is 12.5. The Balaban J connectivity index is 1.86. The Bertz CT molecular complexity index is 906. The molecule has 0 spiro atoms. The van der Waals surface area contributed by atoms with Crippen LogP contribution in [-0.2, 0) is 4.79 Å². The van der Waals surface area contributed by atoms with Gasteiger partial charge in [-0.1, -0.05) is 23.4 Å². The summed E-state index contributed by atoms with van der Waals surface area (Å²) in [6, 6.07) is 11.9. The van der Waals surface area contributed by atoms with Gasteiger partial charge in [0.05, 0.1) is 19.4 Å². The van der Waals surface area contributed by atoms with Crippen LogP contribution in [0, 0.1) is 0 Å². The van der Waals surface area contributed by atoms with Gasteiger partial charge in [-0.2, -0.15) is 0 Å². The zero-order valence-corrected chi connectivity index (χ0v) is 19.7. The number of nitrogens with zero attached hydrogens (tertiary/aromatic N) is 2. The molecule has 2 aromatic carbocycles. The molecule has 1 aliphatic heterocycles. The number of carbonyl (C=O) groups excluding carboxylic acids is 1. The van der Waals surface area contributed by atoms with Gasteiger partial charge >= 0.3 is 0 Å². The summed E-state index contributed by atoms with van der Waals surface area (Å²) in [6.07, 6.45) is 0.921. The van der Waals surface area contributed by atoms with Crippen LogP contribution in [0.5, 0.6) is 11.5 Å². The Labute approximate surface area is 188 Å². The van der Waals surface area contributed by atoms with Gasteiger partial charge in [0.25, 0.3) is 0 Å². The van der Waals surface area contributed by atoms with Crippen molar-refractivity contribution in [1.82, 2.24) is 4.90 Å². The van der Waals surface area contributed by atoms with Crippen LogP contribution in [0.15, 0.2) is 41.3 Å². The normalized spacial score (nSPS) is 15.6. The molecule has 0 N–H and O–H groups in total. The van der Waals surface area contributed by atoms with Crippen LogP contribution < -0.4 is 14.4 Å². The maximum atomic E-state index is 12.5. The number of fused-ring (bicyclic) bond motifs is 1. The summed E-state index contributed by atoms with van der Waals surface area (Å²) in [7, 11) is 3.76. The molecule has 0 bridgehead atoms. The van der Waals surface area contributed by atoms with Crippen molar-refractivity contribution >= 4 is 35.0 Å². The van der Waals surface area contributed by atoms with Crippen molar-refractivity contribution in [3.63, 3.8) is 0 Å². The van der Waals surface area contributed by atoms with E-state index in [-0.39, 0.29) is 11.3 Å². The number of hydrogen-bond acceptors (Lipinski definition) is 5. The van der Waals surface area contributed by atoms with Crippen molar-refractivity contribution in [3.8, 4) is 11.5 Å². The molecular formula is C23H29ClN2O3S. The lowest BCUT2D eigenvalue weighted by Gasteiger charge is -2.26. The molecule has 1 unspecified atom stereocenters. The van der Waals surface area contributed by atoms with Crippen LogP contribution in [-0.4, -0.2) is 44.2 Å².